The van der Waals surface area contributed by atoms with Gasteiger partial charge in [0.25, 0.3) is 0 Å². The summed E-state index contributed by atoms with van der Waals surface area (Å²) < 4.78 is 68.2. The van der Waals surface area contributed by atoms with Gasteiger partial charge in [-0.1, -0.05) is 261 Å². The maximum absolute atomic E-state index is 13.1. The Kier molecular flexibility index (Phi) is 68.8. The molecule has 3 N–H and O–H groups in total. The van der Waals surface area contributed by atoms with E-state index in [0.29, 0.717) is 38.5 Å². The van der Waals surface area contributed by atoms with Crippen LogP contribution in [-0.2, 0) is 65.4 Å². The molecule has 0 heterocycles. The van der Waals surface area contributed by atoms with Crippen molar-refractivity contribution in [1.82, 2.24) is 0 Å². The van der Waals surface area contributed by atoms with Gasteiger partial charge < -0.3 is 33.8 Å². The van der Waals surface area contributed by atoms with Crippen molar-refractivity contribution in [3.05, 3.63) is 194 Å². The van der Waals surface area contributed by atoms with Gasteiger partial charge in [0.2, 0.25) is 0 Å². The Morgan fingerprint density at radius 3 is 0.941 bits per heavy atom. The maximum Gasteiger partial charge on any atom is 0.472 e. The lowest BCUT2D eigenvalue weighted by Gasteiger charge is -2.21. The fourth-order valence-corrected chi connectivity index (χ4v) is 10.5. The molecule has 0 aliphatic carbocycles. The summed E-state index contributed by atoms with van der Waals surface area (Å²) in [6.45, 7) is 4.20. The number of allylic oxidation sites excluding steroid dienone is 31. The second-order valence-electron chi connectivity index (χ2n) is 24.1. The lowest BCUT2D eigenvalue weighted by molar-refractivity contribution is -0.161. The number of ether oxygens (including phenoxy) is 4. The van der Waals surface area contributed by atoms with E-state index in [1.807, 2.05) is 42.5 Å². The van der Waals surface area contributed by atoms with E-state index in [0.717, 1.165) is 128 Å². The quantitative estimate of drug-likeness (QED) is 0.0169. The molecule has 0 aliphatic rings. The molecule has 102 heavy (non-hydrogen) atoms. The average Bonchev–Trinajstić information content (AvgIpc) is 0.908. The Bertz CT molecular complexity index is 2700. The number of carbonyl (C=O) groups is 4. The van der Waals surface area contributed by atoms with Gasteiger partial charge in [-0.3, -0.25) is 37.3 Å². The van der Waals surface area contributed by atoms with E-state index in [4.69, 9.17) is 37.0 Å². The molecule has 0 saturated carbocycles. The van der Waals surface area contributed by atoms with E-state index < -0.39 is 97.5 Å². The number of aliphatic hydroxyl groups excluding tert-OH is 1. The number of hydrogen-bond donors (Lipinski definition) is 3. The largest absolute Gasteiger partial charge is 0.472 e. The number of aliphatic hydroxyl groups is 1. The maximum atomic E-state index is 13.1. The number of esters is 4. The second kappa shape index (κ2) is 73.2. The summed E-state index contributed by atoms with van der Waals surface area (Å²) in [5, 5.41) is 10.6. The van der Waals surface area contributed by atoms with Gasteiger partial charge in [-0.2, -0.15) is 0 Å². The third-order valence-corrected chi connectivity index (χ3v) is 16.5. The van der Waals surface area contributed by atoms with Crippen molar-refractivity contribution in [2.45, 2.75) is 264 Å². The number of carbonyl (C=O) groups excluding carboxylic acids is 4. The van der Waals surface area contributed by atoms with Crippen LogP contribution in [-0.4, -0.2) is 96.7 Å². The molecule has 0 aromatic heterocycles. The van der Waals surface area contributed by atoms with E-state index in [-0.39, 0.29) is 25.7 Å². The lowest BCUT2D eigenvalue weighted by atomic mass is 10.1. The molecular weight excluding hydrogens is 1330 g/mol. The molecule has 0 saturated heterocycles. The van der Waals surface area contributed by atoms with Gasteiger partial charge in [0.1, 0.15) is 19.3 Å². The minimum absolute atomic E-state index is 0.0135. The Labute approximate surface area is 615 Å². The van der Waals surface area contributed by atoms with Gasteiger partial charge in [-0.05, 0) is 154 Å². The smallest absolute Gasteiger partial charge is 0.462 e. The molecule has 0 bridgehead atoms. The van der Waals surface area contributed by atoms with E-state index >= 15 is 0 Å². The molecule has 0 radical (unpaired) electrons. The first kappa shape index (κ1) is 95.9. The van der Waals surface area contributed by atoms with Crippen LogP contribution in [0, 0.1) is 0 Å². The number of unbranched alkanes of at least 4 members (excludes halogenated alkanes) is 11. The molecule has 5 atom stereocenters. The Hall–Kier alpha value is -6.10. The summed E-state index contributed by atoms with van der Waals surface area (Å²) in [4.78, 5) is 72.7. The van der Waals surface area contributed by atoms with Gasteiger partial charge in [0.05, 0.1) is 32.8 Å². The fraction of sp³-hybridized carbons (Fsp3) is 0.566. The van der Waals surface area contributed by atoms with Crippen LogP contribution in [0.3, 0.4) is 0 Å². The predicted octanol–water partition coefficient (Wildman–Crippen LogP) is 21.8. The monoisotopic (exact) mass is 1460 g/mol. The zero-order valence-corrected chi connectivity index (χ0v) is 64.2. The predicted molar refractivity (Wildman–Crippen MR) is 417 cm³/mol. The van der Waals surface area contributed by atoms with Crippen LogP contribution >= 0.6 is 15.6 Å². The van der Waals surface area contributed by atoms with Crippen molar-refractivity contribution < 1.29 is 80.2 Å². The number of rotatable bonds is 68. The normalized spacial score (nSPS) is 15.0. The first-order chi connectivity index (χ1) is 49.7. The van der Waals surface area contributed by atoms with Crippen molar-refractivity contribution in [2.24, 2.45) is 0 Å². The molecule has 0 aliphatic heterocycles. The van der Waals surface area contributed by atoms with Crippen LogP contribution in [0.5, 0.6) is 0 Å². The summed E-state index contributed by atoms with van der Waals surface area (Å²) in [6, 6.07) is 0. The molecule has 0 amide bonds. The Morgan fingerprint density at radius 1 is 0.294 bits per heavy atom. The van der Waals surface area contributed by atoms with Crippen LogP contribution in [0.2, 0.25) is 0 Å². The number of phosphoric ester groups is 2. The molecule has 0 fully saturated rings. The van der Waals surface area contributed by atoms with E-state index in [2.05, 4.69) is 174 Å². The first-order valence-electron chi connectivity index (χ1n) is 37.7. The van der Waals surface area contributed by atoms with E-state index in [9.17, 15) is 43.2 Å². The van der Waals surface area contributed by atoms with Crippen molar-refractivity contribution in [3.8, 4) is 0 Å². The molecule has 5 unspecified atom stereocenters. The van der Waals surface area contributed by atoms with E-state index in [1.54, 1.807) is 6.08 Å². The van der Waals surface area contributed by atoms with Gasteiger partial charge >= 0.3 is 39.5 Å². The molecule has 19 heteroatoms. The van der Waals surface area contributed by atoms with Crippen LogP contribution in [0.25, 0.3) is 0 Å². The highest BCUT2D eigenvalue weighted by Gasteiger charge is 2.30. The topological polar surface area (TPSA) is 237 Å². The number of phosphoric acid groups is 2. The van der Waals surface area contributed by atoms with Crippen molar-refractivity contribution >= 4 is 39.5 Å². The van der Waals surface area contributed by atoms with Crippen LogP contribution in [0.15, 0.2) is 194 Å². The van der Waals surface area contributed by atoms with Gasteiger partial charge in [-0.15, -0.1) is 0 Å². The van der Waals surface area contributed by atoms with Gasteiger partial charge in [0, 0.05) is 19.3 Å². The Morgan fingerprint density at radius 2 is 0.569 bits per heavy atom. The van der Waals surface area contributed by atoms with E-state index in [1.165, 1.54) is 25.7 Å². The summed E-state index contributed by atoms with van der Waals surface area (Å²) in [5.74, 6) is -2.51. The highest BCUT2D eigenvalue weighted by Crippen LogP contribution is 2.45. The zero-order valence-electron chi connectivity index (χ0n) is 62.4. The zero-order chi connectivity index (χ0) is 74.6. The molecule has 17 nitrogen and oxygen atoms in total. The third kappa shape index (κ3) is 72.3. The van der Waals surface area contributed by atoms with Gasteiger partial charge in [0.15, 0.2) is 12.2 Å². The summed E-state index contributed by atoms with van der Waals surface area (Å²) >= 11 is 0. The molecule has 574 valence electrons. The molecule has 0 rings (SSSR count). The standard InChI is InChI=1S/C83H130O17P2/c1-5-9-13-17-21-25-29-33-36-37-38-39-42-45-48-52-56-60-64-68-81(86)94-73-78(99-82(87)69-65-61-57-53-49-43-32-28-24-20-16-12-8-4)75-97-101(89,90)95-71-77(84)72-96-102(91,92)98-76-79(100-83(88)70-66-62-58-54-50-46-41-35-31-27-23-19-15-11-7-3)74-93-80(85)67-63-59-55-51-47-44-40-34-30-26-22-18-14-10-6-2/h9-11,13-15,21-23,25-28,32-36,38-41,45,47-48,50-51,54,56,59-60,63,77-79,84H,5-8,12,16-20,24,29-31,37,42-44,46,49,52-53,55,57-58,61-62,64-76H2,1-4H3,(H,89,90)(H,91,92)/b13-9-,14-10-,15-11-,25-21-,26-22-,27-23-,32-28-,36-33-,39-38-,40-34-,41-35-,48-45-,51-47-,54-50-,60-56-,63-59-. The van der Waals surface area contributed by atoms with Crippen LogP contribution in [0.1, 0.15) is 246 Å². The summed E-state index contributed by atoms with van der Waals surface area (Å²) in [5.41, 5.74) is 0. The highest BCUT2D eigenvalue weighted by molar-refractivity contribution is 7.47. The fourth-order valence-electron chi connectivity index (χ4n) is 8.95. The molecule has 0 aromatic carbocycles. The third-order valence-electron chi connectivity index (χ3n) is 14.6. The summed E-state index contributed by atoms with van der Waals surface area (Å²) in [7, 11) is -10.0. The van der Waals surface area contributed by atoms with Crippen molar-refractivity contribution in [1.29, 1.82) is 0 Å². The number of hydrogen-bond acceptors (Lipinski definition) is 15. The molecular formula is C83H130O17P2. The summed E-state index contributed by atoms with van der Waals surface area (Å²) in [6.07, 6.45) is 89.1. The van der Waals surface area contributed by atoms with Crippen molar-refractivity contribution in [2.75, 3.05) is 39.6 Å². The molecule has 0 aromatic rings. The molecule has 0 spiro atoms. The minimum Gasteiger partial charge on any atom is -0.462 e. The van der Waals surface area contributed by atoms with Crippen LogP contribution in [0.4, 0.5) is 0 Å². The lowest BCUT2D eigenvalue weighted by Crippen LogP contribution is -2.30. The Balaban J connectivity index is 5.54. The van der Waals surface area contributed by atoms with Gasteiger partial charge in [-0.25, -0.2) is 9.13 Å². The second-order valence-corrected chi connectivity index (χ2v) is 27.0. The average molecular weight is 1460 g/mol. The first-order valence-corrected chi connectivity index (χ1v) is 40.7. The van der Waals surface area contributed by atoms with Crippen LogP contribution < -0.4 is 0 Å². The van der Waals surface area contributed by atoms with Crippen molar-refractivity contribution in [3.63, 3.8) is 0 Å². The SMILES string of the molecule is CC/C=C\C/C=C\C/C=C\C/C=C\C/C=C\C/C=C\CCC(=O)OCC(COP(=O)(O)OCC(O)COP(=O)(O)OCC(COC(=O)C/C=C\C/C=C\C/C=C\C/C=C\C/C=C\CC)OC(=O)CCCC/C=C\C/C=C\C/C=C\C/C=C\CC)OC(=O)CCCCCCC/C=C\CCCCCC. The minimum atomic E-state index is -5.02. The highest BCUT2D eigenvalue weighted by atomic mass is 31.2.